The first kappa shape index (κ1) is 15.7. The molecule has 0 radical (unpaired) electrons. The van der Waals surface area contributed by atoms with Crippen LogP contribution in [0.4, 0.5) is 0 Å². The molecule has 0 fully saturated rings. The zero-order chi connectivity index (χ0) is 14.1. The molecule has 19 heavy (non-hydrogen) atoms. The summed E-state index contributed by atoms with van der Waals surface area (Å²) in [5, 5.41) is 17.5. The van der Waals surface area contributed by atoms with Gasteiger partial charge in [0.25, 0.3) is 0 Å². The highest BCUT2D eigenvalue weighted by molar-refractivity contribution is 7.12. The number of aliphatic hydroxyl groups excluding tert-OH is 1. The smallest absolute Gasteiger partial charge is 0.0771 e. The Hall–Kier alpha value is -1.33. The van der Waals surface area contributed by atoms with Gasteiger partial charge in [0, 0.05) is 24.4 Å². The summed E-state index contributed by atoms with van der Waals surface area (Å²) in [7, 11) is 0. The summed E-state index contributed by atoms with van der Waals surface area (Å²) in [6.07, 6.45) is 0.522. The summed E-state index contributed by atoms with van der Waals surface area (Å²) >= 11 is 1.68. The van der Waals surface area contributed by atoms with Crippen molar-refractivity contribution in [2.45, 2.75) is 26.8 Å². The van der Waals surface area contributed by atoms with Crippen LogP contribution in [0.25, 0.3) is 0 Å². The normalized spacial score (nSPS) is 11.7. The van der Waals surface area contributed by atoms with Crippen LogP contribution in [-0.4, -0.2) is 29.7 Å². The van der Waals surface area contributed by atoms with Gasteiger partial charge in [0.2, 0.25) is 0 Å². The minimum atomic E-state index is 0.0590. The molecular weight excluding hydrogens is 256 g/mol. The molecule has 1 rings (SSSR count). The second-order valence-corrected chi connectivity index (χ2v) is 5.57. The number of hydrogen-bond donors (Lipinski definition) is 1. The Kier molecular flexibility index (Phi) is 7.22. The molecule has 0 amide bonds. The first-order valence-corrected chi connectivity index (χ1v) is 7.31. The van der Waals surface area contributed by atoms with Crippen LogP contribution in [0.2, 0.25) is 0 Å². The number of nitrogens with zero attached hydrogens (tertiary/aromatic N) is 2. The van der Waals surface area contributed by atoms with Gasteiger partial charge in [-0.2, -0.15) is 5.26 Å². The van der Waals surface area contributed by atoms with Crippen molar-refractivity contribution in [3.8, 4) is 17.9 Å². The van der Waals surface area contributed by atoms with Gasteiger partial charge >= 0.3 is 0 Å². The molecule has 1 atom stereocenters. The number of hydrogen-bond acceptors (Lipinski definition) is 4. The summed E-state index contributed by atoms with van der Waals surface area (Å²) in [6, 6.07) is 6.38. The lowest BCUT2D eigenvalue weighted by Crippen LogP contribution is -2.27. The van der Waals surface area contributed by atoms with Crippen molar-refractivity contribution in [1.29, 1.82) is 5.26 Å². The van der Waals surface area contributed by atoms with E-state index >= 15 is 0 Å². The Labute approximate surface area is 119 Å². The van der Waals surface area contributed by atoms with Gasteiger partial charge in [-0.3, -0.25) is 4.90 Å². The lowest BCUT2D eigenvalue weighted by Gasteiger charge is -2.20. The lowest BCUT2D eigenvalue weighted by atomic mass is 10.2. The molecule has 0 aromatic carbocycles. The van der Waals surface area contributed by atoms with Crippen LogP contribution in [-0.2, 0) is 6.54 Å². The molecule has 1 aromatic rings. The number of thiophene rings is 1. The quantitative estimate of drug-likeness (QED) is 0.812. The molecule has 0 aliphatic carbocycles. The van der Waals surface area contributed by atoms with Crippen LogP contribution in [0.5, 0.6) is 0 Å². The van der Waals surface area contributed by atoms with Gasteiger partial charge in [0.15, 0.2) is 0 Å². The van der Waals surface area contributed by atoms with Crippen LogP contribution >= 0.6 is 11.3 Å². The van der Waals surface area contributed by atoms with Gasteiger partial charge < -0.3 is 5.11 Å². The fourth-order valence-corrected chi connectivity index (χ4v) is 2.61. The van der Waals surface area contributed by atoms with Gasteiger partial charge in [-0.1, -0.05) is 18.8 Å². The monoisotopic (exact) mass is 276 g/mol. The minimum Gasteiger partial charge on any atom is -0.395 e. The molecule has 0 bridgehead atoms. The molecule has 1 heterocycles. The van der Waals surface area contributed by atoms with Gasteiger partial charge in [0.05, 0.1) is 23.5 Å². The molecule has 0 aliphatic rings. The zero-order valence-corrected chi connectivity index (χ0v) is 12.3. The van der Waals surface area contributed by atoms with Crippen molar-refractivity contribution in [2.75, 3.05) is 19.7 Å². The van der Waals surface area contributed by atoms with Gasteiger partial charge in [0.1, 0.15) is 0 Å². The topological polar surface area (TPSA) is 47.3 Å². The molecule has 3 nitrogen and oxygen atoms in total. The van der Waals surface area contributed by atoms with Gasteiger partial charge in [-0.15, -0.1) is 11.3 Å². The average Bonchev–Trinajstić information content (AvgIpc) is 2.85. The van der Waals surface area contributed by atoms with E-state index in [4.69, 9.17) is 10.4 Å². The fraction of sp³-hybridized carbons (Fsp3) is 0.533. The molecule has 1 N–H and O–H groups in total. The van der Waals surface area contributed by atoms with Crippen molar-refractivity contribution in [3.63, 3.8) is 0 Å². The van der Waals surface area contributed by atoms with Gasteiger partial charge in [-0.05, 0) is 25.6 Å². The molecule has 0 aliphatic heterocycles. The molecule has 0 spiro atoms. The first-order valence-electron chi connectivity index (χ1n) is 6.50. The van der Waals surface area contributed by atoms with E-state index in [9.17, 15) is 0 Å². The molecule has 1 aromatic heterocycles. The summed E-state index contributed by atoms with van der Waals surface area (Å²) in [5.41, 5.74) is 0. The van der Waals surface area contributed by atoms with Crippen LogP contribution in [0.1, 0.15) is 30.0 Å². The van der Waals surface area contributed by atoms with Crippen LogP contribution < -0.4 is 0 Å². The Morgan fingerprint density at radius 2 is 2.26 bits per heavy atom. The minimum absolute atomic E-state index is 0.0590. The van der Waals surface area contributed by atoms with Crippen molar-refractivity contribution in [1.82, 2.24) is 4.90 Å². The zero-order valence-electron chi connectivity index (χ0n) is 11.5. The molecule has 0 saturated heterocycles. The van der Waals surface area contributed by atoms with Crippen molar-refractivity contribution in [3.05, 3.63) is 21.9 Å². The van der Waals surface area contributed by atoms with E-state index in [1.165, 1.54) is 4.88 Å². The maximum Gasteiger partial charge on any atom is 0.0771 e. The largest absolute Gasteiger partial charge is 0.395 e. The van der Waals surface area contributed by atoms with Crippen LogP contribution in [0.15, 0.2) is 12.1 Å². The Morgan fingerprint density at radius 1 is 1.47 bits per heavy atom. The SMILES string of the molecule is CCN(Cc1ccc(C#CCCO)s1)CC(C)C#N. The highest BCUT2D eigenvalue weighted by Crippen LogP contribution is 2.18. The third-order valence-electron chi connectivity index (χ3n) is 2.69. The van der Waals surface area contributed by atoms with Crippen LogP contribution in [0, 0.1) is 29.1 Å². The highest BCUT2D eigenvalue weighted by Gasteiger charge is 2.09. The predicted molar refractivity (Wildman–Crippen MR) is 78.6 cm³/mol. The summed E-state index contributed by atoms with van der Waals surface area (Å²) in [4.78, 5) is 4.57. The maximum atomic E-state index is 8.86. The molecule has 1 unspecified atom stereocenters. The van der Waals surface area contributed by atoms with E-state index in [-0.39, 0.29) is 12.5 Å². The Morgan fingerprint density at radius 3 is 2.89 bits per heavy atom. The highest BCUT2D eigenvalue weighted by atomic mass is 32.1. The van der Waals surface area contributed by atoms with E-state index in [0.29, 0.717) is 6.42 Å². The average molecular weight is 276 g/mol. The fourth-order valence-electron chi connectivity index (χ4n) is 1.69. The van der Waals surface area contributed by atoms with E-state index < -0.39 is 0 Å². The Balaban J connectivity index is 2.57. The van der Waals surface area contributed by atoms with E-state index in [0.717, 1.165) is 24.5 Å². The predicted octanol–water partition coefficient (Wildman–Crippen LogP) is 2.46. The van der Waals surface area contributed by atoms with Crippen molar-refractivity contribution >= 4 is 11.3 Å². The number of rotatable bonds is 6. The van der Waals surface area contributed by atoms with E-state index in [1.807, 2.05) is 13.0 Å². The van der Waals surface area contributed by atoms with Crippen molar-refractivity contribution in [2.24, 2.45) is 5.92 Å². The molecule has 4 heteroatoms. The molecular formula is C15H20N2OS. The molecule has 102 valence electrons. The standard InChI is InChI=1S/C15H20N2OS/c1-3-17(11-13(2)10-16)12-15-8-7-14(19-15)6-4-5-9-18/h7-8,13,18H,3,5,9,11-12H2,1-2H3. The lowest BCUT2D eigenvalue weighted by molar-refractivity contribution is 0.262. The number of nitriles is 1. The van der Waals surface area contributed by atoms with E-state index in [2.05, 4.69) is 35.8 Å². The number of aliphatic hydroxyl groups is 1. The van der Waals surface area contributed by atoms with Crippen molar-refractivity contribution < 1.29 is 5.11 Å². The first-order chi connectivity index (χ1) is 9.19. The summed E-state index contributed by atoms with van der Waals surface area (Å²) < 4.78 is 0. The van der Waals surface area contributed by atoms with Gasteiger partial charge in [-0.25, -0.2) is 0 Å². The Bertz CT molecular complexity index is 478. The summed E-state index contributed by atoms with van der Waals surface area (Å²) in [5.74, 6) is 6.03. The van der Waals surface area contributed by atoms with Crippen LogP contribution in [0.3, 0.4) is 0 Å². The maximum absolute atomic E-state index is 8.86. The third-order valence-corrected chi connectivity index (χ3v) is 3.67. The second-order valence-electron chi connectivity index (χ2n) is 4.40. The second kappa shape index (κ2) is 8.72. The summed E-state index contributed by atoms with van der Waals surface area (Å²) in [6.45, 7) is 6.78. The third kappa shape index (κ3) is 5.89. The molecule has 0 saturated carbocycles. The van der Waals surface area contributed by atoms with E-state index in [1.54, 1.807) is 11.3 Å².